The van der Waals surface area contributed by atoms with Gasteiger partial charge in [0.05, 0.1) is 0 Å². The molecule has 1 aliphatic heterocycles. The van der Waals surface area contributed by atoms with Gasteiger partial charge < -0.3 is 4.90 Å². The first kappa shape index (κ1) is 17.2. The zero-order valence-electron chi connectivity index (χ0n) is 14.9. The molecule has 0 unspecified atom stereocenters. The van der Waals surface area contributed by atoms with Crippen LogP contribution in [0.15, 0.2) is 70.0 Å². The van der Waals surface area contributed by atoms with Gasteiger partial charge in [-0.3, -0.25) is 14.2 Å². The van der Waals surface area contributed by atoms with Crippen LogP contribution in [0.5, 0.6) is 0 Å². The van der Waals surface area contributed by atoms with E-state index in [1.54, 1.807) is 17.0 Å². The number of aromatic nitrogens is 2. The Kier molecular flexibility index (Phi) is 4.84. The smallest absolute Gasteiger partial charge is 0.331 e. The predicted molar refractivity (Wildman–Crippen MR) is 98.5 cm³/mol. The summed E-state index contributed by atoms with van der Waals surface area (Å²) in [6, 6.07) is 19.4. The van der Waals surface area contributed by atoms with Gasteiger partial charge in [-0.15, -0.1) is 0 Å². The van der Waals surface area contributed by atoms with Gasteiger partial charge >= 0.3 is 17.2 Å². The average molecular weight is 365 g/mol. The number of aromatic amines is 1. The van der Waals surface area contributed by atoms with Crippen molar-refractivity contribution in [1.82, 2.24) is 15.1 Å². The van der Waals surface area contributed by atoms with Gasteiger partial charge in [-0.1, -0.05) is 48.5 Å². The van der Waals surface area contributed by atoms with E-state index in [9.17, 15) is 9.59 Å². The van der Waals surface area contributed by atoms with E-state index in [2.05, 4.69) is 22.3 Å². The largest absolute Gasteiger partial charge is 0.441 e. The highest BCUT2D eigenvalue weighted by Crippen LogP contribution is 2.10. The Hall–Kier alpha value is -3.19. The van der Waals surface area contributed by atoms with Crippen molar-refractivity contribution in [1.29, 1.82) is 0 Å². The molecule has 7 nitrogen and oxygen atoms in total. The first-order chi connectivity index (χ1) is 13.2. The number of amides is 1. The number of benzene rings is 2. The van der Waals surface area contributed by atoms with E-state index >= 15 is 0 Å². The van der Waals surface area contributed by atoms with Crippen molar-refractivity contribution in [3.05, 3.63) is 82.3 Å². The molecule has 1 fully saturated rings. The maximum atomic E-state index is 12.9. The number of piperazine rings is 1. The summed E-state index contributed by atoms with van der Waals surface area (Å²) in [5.74, 6) is -0.312. The number of carbonyl (C=O) groups excluding carboxylic acids is 1. The first-order valence-electron chi connectivity index (χ1n) is 8.97. The van der Waals surface area contributed by atoms with Gasteiger partial charge in [0.15, 0.2) is 0 Å². The van der Waals surface area contributed by atoms with E-state index in [0.29, 0.717) is 18.8 Å². The average Bonchev–Trinajstić information content (AvgIpc) is 3.11. The summed E-state index contributed by atoms with van der Waals surface area (Å²) < 4.78 is 6.29. The maximum Gasteiger partial charge on any atom is 0.441 e. The molecular weight excluding hydrogens is 344 g/mol. The lowest BCUT2D eigenvalue weighted by Crippen LogP contribution is -2.52. The Morgan fingerprint density at radius 1 is 0.963 bits per heavy atom. The summed E-state index contributed by atoms with van der Waals surface area (Å²) in [4.78, 5) is 29.1. The summed E-state index contributed by atoms with van der Waals surface area (Å²) in [5.41, 5.74) is 1.27. The molecule has 1 amide bonds. The van der Waals surface area contributed by atoms with Crippen LogP contribution in [0.25, 0.3) is 5.69 Å². The fourth-order valence-corrected chi connectivity index (χ4v) is 3.31. The van der Waals surface area contributed by atoms with E-state index < -0.39 is 5.63 Å². The summed E-state index contributed by atoms with van der Waals surface area (Å²) in [7, 11) is 0. The second-order valence-corrected chi connectivity index (χ2v) is 6.55. The van der Waals surface area contributed by atoms with Crippen LogP contribution in [0.4, 0.5) is 0 Å². The van der Waals surface area contributed by atoms with E-state index in [1.165, 1.54) is 10.2 Å². The molecule has 0 aliphatic carbocycles. The van der Waals surface area contributed by atoms with Gasteiger partial charge in [0, 0.05) is 44.9 Å². The molecular formula is C20H21N4O3+. The van der Waals surface area contributed by atoms with Crippen LogP contribution in [-0.4, -0.2) is 47.2 Å². The molecule has 7 heteroatoms. The fourth-order valence-electron chi connectivity index (χ4n) is 3.31. The molecule has 1 N–H and O–H groups in total. The van der Waals surface area contributed by atoms with E-state index in [0.717, 1.165) is 19.6 Å². The summed E-state index contributed by atoms with van der Waals surface area (Å²) in [6.07, 6.45) is 0. The monoisotopic (exact) mass is 365 g/mol. The topological polar surface area (TPSA) is 73.4 Å². The SMILES string of the molecule is O=C(c1c(=O)o[nH][n+]1-c1ccccc1)N1CCN(Cc2ccccc2)CC1. The Labute approximate surface area is 156 Å². The number of para-hydroxylation sites is 1. The van der Waals surface area contributed by atoms with Crippen LogP contribution in [0.3, 0.4) is 0 Å². The summed E-state index contributed by atoms with van der Waals surface area (Å²) >= 11 is 0. The minimum Gasteiger partial charge on any atom is -0.331 e. The summed E-state index contributed by atoms with van der Waals surface area (Å²) in [5, 5.41) is 2.52. The van der Waals surface area contributed by atoms with Crippen LogP contribution in [-0.2, 0) is 6.54 Å². The van der Waals surface area contributed by atoms with Crippen molar-refractivity contribution < 1.29 is 14.0 Å². The number of nitrogens with one attached hydrogen (secondary N) is 1. The Morgan fingerprint density at radius 3 is 2.26 bits per heavy atom. The van der Waals surface area contributed by atoms with Crippen molar-refractivity contribution in [2.24, 2.45) is 0 Å². The van der Waals surface area contributed by atoms with Gasteiger partial charge in [0.2, 0.25) is 5.69 Å². The number of carbonyl (C=O) groups is 1. The van der Waals surface area contributed by atoms with Crippen LogP contribution in [0.2, 0.25) is 0 Å². The van der Waals surface area contributed by atoms with Crippen molar-refractivity contribution in [3.63, 3.8) is 0 Å². The van der Waals surface area contributed by atoms with Gasteiger partial charge in [0.1, 0.15) is 0 Å². The Bertz CT molecular complexity index is 958. The second kappa shape index (κ2) is 7.59. The molecule has 1 saturated heterocycles. The number of hydrogen-bond acceptors (Lipinski definition) is 4. The normalized spacial score (nSPS) is 15.0. The molecule has 4 rings (SSSR count). The molecule has 2 aromatic carbocycles. The van der Waals surface area contributed by atoms with Crippen LogP contribution in [0, 0.1) is 0 Å². The number of rotatable bonds is 4. The minimum atomic E-state index is -0.657. The van der Waals surface area contributed by atoms with Gasteiger partial charge in [-0.2, -0.15) is 0 Å². The molecule has 3 aromatic rings. The molecule has 0 atom stereocenters. The van der Waals surface area contributed by atoms with Crippen molar-refractivity contribution in [3.8, 4) is 5.69 Å². The minimum absolute atomic E-state index is 0.00212. The first-order valence-corrected chi connectivity index (χ1v) is 8.97. The van der Waals surface area contributed by atoms with Crippen LogP contribution in [0.1, 0.15) is 16.1 Å². The molecule has 2 heterocycles. The van der Waals surface area contributed by atoms with Gasteiger partial charge in [-0.05, 0) is 15.5 Å². The standard InChI is InChI=1S/C20H20N4O3/c25-19(18-20(26)27-21-24(18)17-9-5-2-6-10-17)23-13-11-22(12-14-23)15-16-7-3-1-4-8-16/h1-10H,11-15H2/p+1. The lowest BCUT2D eigenvalue weighted by Gasteiger charge is -2.33. The van der Waals surface area contributed by atoms with Crippen molar-refractivity contribution in [2.75, 3.05) is 26.2 Å². The zero-order valence-corrected chi connectivity index (χ0v) is 14.9. The second-order valence-electron chi connectivity index (χ2n) is 6.55. The highest BCUT2D eigenvalue weighted by molar-refractivity contribution is 5.90. The third-order valence-corrected chi connectivity index (χ3v) is 4.77. The highest BCUT2D eigenvalue weighted by atomic mass is 16.5. The predicted octanol–water partition coefficient (Wildman–Crippen LogP) is 1.20. The highest BCUT2D eigenvalue weighted by Gasteiger charge is 2.35. The Balaban J connectivity index is 1.46. The van der Waals surface area contributed by atoms with Gasteiger partial charge in [0.25, 0.3) is 0 Å². The third-order valence-electron chi connectivity index (χ3n) is 4.77. The van der Waals surface area contributed by atoms with Crippen LogP contribution >= 0.6 is 0 Å². The number of nitrogens with zero attached hydrogens (tertiary/aromatic N) is 3. The lowest BCUT2D eigenvalue weighted by molar-refractivity contribution is -0.672. The van der Waals surface area contributed by atoms with Crippen LogP contribution < -0.4 is 10.3 Å². The number of hydrogen-bond donors (Lipinski definition) is 1. The van der Waals surface area contributed by atoms with Gasteiger partial charge in [-0.25, -0.2) is 4.79 Å². The van der Waals surface area contributed by atoms with Crippen molar-refractivity contribution in [2.45, 2.75) is 6.54 Å². The number of H-pyrrole nitrogens is 1. The van der Waals surface area contributed by atoms with E-state index in [-0.39, 0.29) is 11.6 Å². The summed E-state index contributed by atoms with van der Waals surface area (Å²) in [6.45, 7) is 3.54. The molecule has 1 aromatic heterocycles. The van der Waals surface area contributed by atoms with Crippen molar-refractivity contribution >= 4 is 5.91 Å². The fraction of sp³-hybridized carbons (Fsp3) is 0.250. The quantitative estimate of drug-likeness (QED) is 0.705. The molecule has 138 valence electrons. The Morgan fingerprint density at radius 2 is 1.59 bits per heavy atom. The maximum absolute atomic E-state index is 12.9. The molecule has 0 spiro atoms. The third kappa shape index (κ3) is 3.68. The molecule has 0 radical (unpaired) electrons. The lowest BCUT2D eigenvalue weighted by atomic mass is 10.2. The van der Waals surface area contributed by atoms with E-state index in [1.807, 2.05) is 36.4 Å². The molecule has 0 bridgehead atoms. The molecule has 0 saturated carbocycles. The van der Waals surface area contributed by atoms with E-state index in [4.69, 9.17) is 4.52 Å². The molecule has 27 heavy (non-hydrogen) atoms. The zero-order chi connectivity index (χ0) is 18.6. The molecule has 1 aliphatic rings.